The molecule has 27 heavy (non-hydrogen) atoms. The van der Waals surface area contributed by atoms with Crippen LogP contribution >= 0.6 is 24.0 Å². The van der Waals surface area contributed by atoms with Crippen LogP contribution < -0.4 is 15.4 Å². The van der Waals surface area contributed by atoms with Crippen molar-refractivity contribution in [2.75, 3.05) is 14.2 Å². The molecule has 8 heteroatoms. The van der Waals surface area contributed by atoms with E-state index >= 15 is 0 Å². The first kappa shape index (κ1) is 20.7. The number of guanidine groups is 1. The summed E-state index contributed by atoms with van der Waals surface area (Å²) in [7, 11) is 3.42. The molecule has 2 aromatic carbocycles. The minimum atomic E-state index is 0. The highest BCUT2D eigenvalue weighted by Crippen LogP contribution is 2.15. The topological polar surface area (TPSA) is 87.2 Å². The van der Waals surface area contributed by atoms with E-state index in [1.807, 2.05) is 36.4 Å². The van der Waals surface area contributed by atoms with Crippen LogP contribution in [-0.2, 0) is 13.1 Å². The van der Waals surface area contributed by atoms with E-state index in [9.17, 15) is 0 Å². The fourth-order valence-corrected chi connectivity index (χ4v) is 2.55. The summed E-state index contributed by atoms with van der Waals surface area (Å²) in [5.74, 6) is 2.33. The number of nitrogens with one attached hydrogen (secondary N) is 3. The largest absolute Gasteiger partial charge is 0.497 e. The van der Waals surface area contributed by atoms with E-state index in [0.29, 0.717) is 13.1 Å². The van der Waals surface area contributed by atoms with Crippen molar-refractivity contribution >= 4 is 29.9 Å². The summed E-state index contributed by atoms with van der Waals surface area (Å²) >= 11 is 0. The number of rotatable bonds is 6. The first-order valence-electron chi connectivity index (χ1n) is 8.30. The third kappa shape index (κ3) is 5.95. The number of halogens is 1. The van der Waals surface area contributed by atoms with Crippen LogP contribution in [0.3, 0.4) is 0 Å². The van der Waals surface area contributed by atoms with Crippen molar-refractivity contribution < 1.29 is 4.74 Å². The van der Waals surface area contributed by atoms with Crippen molar-refractivity contribution in [3.05, 3.63) is 66.0 Å². The first-order chi connectivity index (χ1) is 12.8. The van der Waals surface area contributed by atoms with Crippen LogP contribution in [-0.4, -0.2) is 35.3 Å². The highest BCUT2D eigenvalue weighted by Gasteiger charge is 2.04. The fraction of sp³-hybridized carbons (Fsp3) is 0.211. The van der Waals surface area contributed by atoms with Gasteiger partial charge in [0.15, 0.2) is 11.8 Å². The summed E-state index contributed by atoms with van der Waals surface area (Å²) in [4.78, 5) is 8.45. The average molecular weight is 478 g/mol. The van der Waals surface area contributed by atoms with Crippen molar-refractivity contribution in [1.82, 2.24) is 25.8 Å². The Morgan fingerprint density at radius 3 is 2.41 bits per heavy atom. The van der Waals surface area contributed by atoms with E-state index in [2.05, 4.69) is 42.9 Å². The lowest BCUT2D eigenvalue weighted by Crippen LogP contribution is -2.36. The summed E-state index contributed by atoms with van der Waals surface area (Å²) < 4.78 is 5.25. The molecule has 0 aliphatic heterocycles. The summed E-state index contributed by atoms with van der Waals surface area (Å²) in [5, 5.41) is 13.4. The van der Waals surface area contributed by atoms with Gasteiger partial charge in [0.2, 0.25) is 0 Å². The van der Waals surface area contributed by atoms with Crippen LogP contribution in [0, 0.1) is 0 Å². The van der Waals surface area contributed by atoms with E-state index in [1.165, 1.54) is 6.33 Å². The molecule has 0 atom stereocenters. The molecule has 0 amide bonds. The Labute approximate surface area is 175 Å². The molecule has 0 bridgehead atoms. The first-order valence-corrected chi connectivity index (χ1v) is 8.30. The molecule has 7 nitrogen and oxygen atoms in total. The second-order valence-corrected chi connectivity index (χ2v) is 5.67. The van der Waals surface area contributed by atoms with Crippen LogP contribution in [0.1, 0.15) is 11.1 Å². The molecular formula is C19H23IN6O. The third-order valence-electron chi connectivity index (χ3n) is 3.89. The number of hydrogen-bond donors (Lipinski definition) is 3. The van der Waals surface area contributed by atoms with Gasteiger partial charge in [-0.3, -0.25) is 10.1 Å². The summed E-state index contributed by atoms with van der Waals surface area (Å²) in [6.07, 6.45) is 1.50. The van der Waals surface area contributed by atoms with Gasteiger partial charge in [-0.05, 0) is 29.3 Å². The Hall–Kier alpha value is -2.62. The van der Waals surface area contributed by atoms with Gasteiger partial charge in [0.1, 0.15) is 12.1 Å². The Balaban J connectivity index is 0.00000261. The molecule has 1 aromatic heterocycles. The van der Waals surface area contributed by atoms with Gasteiger partial charge < -0.3 is 15.4 Å². The zero-order valence-corrected chi connectivity index (χ0v) is 17.6. The molecule has 142 valence electrons. The van der Waals surface area contributed by atoms with E-state index in [-0.39, 0.29) is 24.0 Å². The number of ether oxygens (including phenoxy) is 1. The zero-order valence-electron chi connectivity index (χ0n) is 15.3. The molecule has 0 unspecified atom stereocenters. The monoisotopic (exact) mass is 478 g/mol. The number of aromatic nitrogens is 3. The lowest BCUT2D eigenvalue weighted by molar-refractivity contribution is 0.414. The summed E-state index contributed by atoms with van der Waals surface area (Å²) in [5.41, 5.74) is 3.25. The molecule has 0 saturated heterocycles. The lowest BCUT2D eigenvalue weighted by atomic mass is 10.1. The number of aliphatic imine (C=N–C) groups is 1. The molecule has 0 fully saturated rings. The lowest BCUT2D eigenvalue weighted by Gasteiger charge is -2.13. The van der Waals surface area contributed by atoms with E-state index in [1.54, 1.807) is 14.2 Å². The Bertz CT molecular complexity index is 866. The van der Waals surface area contributed by atoms with Gasteiger partial charge in [0.25, 0.3) is 0 Å². The third-order valence-corrected chi connectivity index (χ3v) is 3.89. The SMILES string of the molecule is CN=C(NCc1cccc(OC)c1)NCc1cccc(-c2ncn[nH]2)c1.I. The maximum atomic E-state index is 5.25. The molecule has 0 radical (unpaired) electrons. The molecule has 3 aromatic rings. The Morgan fingerprint density at radius 1 is 1.07 bits per heavy atom. The number of aromatic amines is 1. The maximum Gasteiger partial charge on any atom is 0.191 e. The molecule has 0 aliphatic rings. The van der Waals surface area contributed by atoms with E-state index in [4.69, 9.17) is 4.74 Å². The Morgan fingerprint density at radius 2 is 1.78 bits per heavy atom. The van der Waals surface area contributed by atoms with Crippen molar-refractivity contribution in [2.45, 2.75) is 13.1 Å². The smallest absolute Gasteiger partial charge is 0.191 e. The number of hydrogen-bond acceptors (Lipinski definition) is 4. The molecular weight excluding hydrogens is 455 g/mol. The van der Waals surface area contributed by atoms with Gasteiger partial charge in [-0.2, -0.15) is 5.10 Å². The second kappa shape index (κ2) is 10.5. The predicted molar refractivity (Wildman–Crippen MR) is 117 cm³/mol. The Kier molecular flexibility index (Phi) is 8.05. The quantitative estimate of drug-likeness (QED) is 0.288. The van der Waals surface area contributed by atoms with Gasteiger partial charge in [-0.15, -0.1) is 24.0 Å². The van der Waals surface area contributed by atoms with Gasteiger partial charge >= 0.3 is 0 Å². The summed E-state index contributed by atoms with van der Waals surface area (Å²) in [6, 6.07) is 16.1. The van der Waals surface area contributed by atoms with Crippen molar-refractivity contribution in [3.8, 4) is 17.1 Å². The maximum absolute atomic E-state index is 5.25. The summed E-state index contributed by atoms with van der Waals surface area (Å²) in [6.45, 7) is 1.31. The van der Waals surface area contributed by atoms with Crippen molar-refractivity contribution in [1.29, 1.82) is 0 Å². The highest BCUT2D eigenvalue weighted by molar-refractivity contribution is 14.0. The molecule has 3 rings (SSSR count). The minimum Gasteiger partial charge on any atom is -0.497 e. The van der Waals surface area contributed by atoms with Crippen LogP contribution in [0.4, 0.5) is 0 Å². The molecule has 0 aliphatic carbocycles. The minimum absolute atomic E-state index is 0. The van der Waals surface area contributed by atoms with Crippen molar-refractivity contribution in [3.63, 3.8) is 0 Å². The standard InChI is InChI=1S/C19H22N6O.HI/c1-20-19(22-12-15-6-4-8-17(10-15)26-2)21-11-14-5-3-7-16(9-14)18-23-13-24-25-18;/h3-10,13H,11-12H2,1-2H3,(H2,20,21,22)(H,23,24,25);1H. The fourth-order valence-electron chi connectivity index (χ4n) is 2.55. The second-order valence-electron chi connectivity index (χ2n) is 5.67. The number of nitrogens with zero attached hydrogens (tertiary/aromatic N) is 3. The number of H-pyrrole nitrogens is 1. The van der Waals surface area contributed by atoms with Gasteiger partial charge in [-0.25, -0.2) is 4.98 Å². The van der Waals surface area contributed by atoms with Gasteiger partial charge in [-0.1, -0.05) is 30.3 Å². The van der Waals surface area contributed by atoms with Crippen molar-refractivity contribution in [2.24, 2.45) is 4.99 Å². The molecule has 1 heterocycles. The van der Waals surface area contributed by atoms with Gasteiger partial charge in [0.05, 0.1) is 7.11 Å². The van der Waals surface area contributed by atoms with Crippen LogP contribution in [0.25, 0.3) is 11.4 Å². The van der Waals surface area contributed by atoms with E-state index < -0.39 is 0 Å². The van der Waals surface area contributed by atoms with Gasteiger partial charge in [0, 0.05) is 25.7 Å². The molecule has 3 N–H and O–H groups in total. The normalized spacial score (nSPS) is 10.8. The highest BCUT2D eigenvalue weighted by atomic mass is 127. The average Bonchev–Trinajstić information content (AvgIpc) is 3.23. The molecule has 0 spiro atoms. The van der Waals surface area contributed by atoms with Crippen LogP contribution in [0.5, 0.6) is 5.75 Å². The number of methoxy groups -OCH3 is 1. The zero-order chi connectivity index (χ0) is 18.2. The van der Waals surface area contributed by atoms with E-state index in [0.717, 1.165) is 34.2 Å². The molecule has 0 saturated carbocycles. The number of benzene rings is 2. The predicted octanol–water partition coefficient (Wildman–Crippen LogP) is 2.96. The van der Waals surface area contributed by atoms with Crippen LogP contribution in [0.15, 0.2) is 59.9 Å². The van der Waals surface area contributed by atoms with Crippen LogP contribution in [0.2, 0.25) is 0 Å².